The zero-order valence-corrected chi connectivity index (χ0v) is 11.0. The number of allylic oxidation sites excluding steroid dienone is 1. The normalized spacial score (nSPS) is 24.4. The van der Waals surface area contributed by atoms with E-state index in [1.807, 2.05) is 13.8 Å². The van der Waals surface area contributed by atoms with Crippen LogP contribution in [0.25, 0.3) is 0 Å². The van der Waals surface area contributed by atoms with Crippen LogP contribution in [-0.4, -0.2) is 18.4 Å². The molecule has 1 aliphatic carbocycles. The molecular weight excluding hydrogens is 216 g/mol. The molecule has 3 nitrogen and oxygen atoms in total. The molecule has 0 saturated carbocycles. The van der Waals surface area contributed by atoms with Gasteiger partial charge in [-0.1, -0.05) is 25.3 Å². The van der Waals surface area contributed by atoms with E-state index in [4.69, 9.17) is 4.74 Å². The van der Waals surface area contributed by atoms with Gasteiger partial charge in [0.2, 0.25) is 0 Å². The Morgan fingerprint density at radius 2 is 2.18 bits per heavy atom. The van der Waals surface area contributed by atoms with Gasteiger partial charge in [0.1, 0.15) is 0 Å². The van der Waals surface area contributed by atoms with E-state index in [1.165, 1.54) is 0 Å². The Kier molecular flexibility index (Phi) is 5.39. The molecule has 0 aromatic heterocycles. The van der Waals surface area contributed by atoms with E-state index in [0.29, 0.717) is 13.0 Å². The molecular formula is C14H22O3. The minimum Gasteiger partial charge on any atom is -0.466 e. The van der Waals surface area contributed by atoms with Gasteiger partial charge in [-0.15, -0.1) is 0 Å². The first-order valence-electron chi connectivity index (χ1n) is 6.47. The minimum atomic E-state index is -0.209. The van der Waals surface area contributed by atoms with Crippen molar-refractivity contribution in [3.63, 3.8) is 0 Å². The monoisotopic (exact) mass is 238 g/mol. The molecule has 0 fully saturated rings. The summed E-state index contributed by atoms with van der Waals surface area (Å²) in [6.45, 7) is 6.19. The molecule has 0 heterocycles. The summed E-state index contributed by atoms with van der Waals surface area (Å²) >= 11 is 0. The fraction of sp³-hybridized carbons (Fsp3) is 0.714. The van der Waals surface area contributed by atoms with E-state index in [-0.39, 0.29) is 23.6 Å². The van der Waals surface area contributed by atoms with Crippen molar-refractivity contribution in [3.05, 3.63) is 11.6 Å². The topological polar surface area (TPSA) is 43.4 Å². The van der Waals surface area contributed by atoms with Crippen LogP contribution in [0, 0.1) is 11.8 Å². The molecule has 96 valence electrons. The van der Waals surface area contributed by atoms with E-state index >= 15 is 0 Å². The number of ether oxygens (including phenoxy) is 1. The summed E-state index contributed by atoms with van der Waals surface area (Å²) in [5, 5.41) is 0. The summed E-state index contributed by atoms with van der Waals surface area (Å²) in [7, 11) is 0. The molecule has 0 spiro atoms. The molecule has 2 unspecified atom stereocenters. The van der Waals surface area contributed by atoms with Crippen LogP contribution >= 0.6 is 0 Å². The van der Waals surface area contributed by atoms with Crippen LogP contribution in [-0.2, 0) is 14.3 Å². The minimum absolute atomic E-state index is 0.131. The number of unbranched alkanes of at least 4 members (excludes halogenated alkanes) is 1. The number of ketones is 1. The average Bonchev–Trinajstić information content (AvgIpc) is 2.25. The summed E-state index contributed by atoms with van der Waals surface area (Å²) in [4.78, 5) is 23.5. The van der Waals surface area contributed by atoms with Crippen LogP contribution in [0.2, 0.25) is 0 Å². The standard InChI is InChI=1S/C14H22O3/c1-4-6-7-11-9-12(15)8-10(3)13(11)14(16)17-5-2/h8,11,13H,4-7,9H2,1-3H3. The third-order valence-electron chi connectivity index (χ3n) is 3.28. The van der Waals surface area contributed by atoms with Crippen molar-refractivity contribution in [2.45, 2.75) is 46.5 Å². The van der Waals surface area contributed by atoms with Crippen LogP contribution in [0.5, 0.6) is 0 Å². The Hall–Kier alpha value is -1.12. The van der Waals surface area contributed by atoms with Gasteiger partial charge >= 0.3 is 5.97 Å². The lowest BCUT2D eigenvalue weighted by Gasteiger charge is -2.28. The van der Waals surface area contributed by atoms with Gasteiger partial charge in [0, 0.05) is 6.42 Å². The summed E-state index contributed by atoms with van der Waals surface area (Å²) in [5.74, 6) is -0.107. The molecule has 0 amide bonds. The van der Waals surface area contributed by atoms with E-state index in [2.05, 4.69) is 6.92 Å². The molecule has 1 rings (SSSR count). The first-order valence-corrected chi connectivity index (χ1v) is 6.47. The number of rotatable bonds is 5. The number of carbonyl (C=O) groups is 2. The van der Waals surface area contributed by atoms with Crippen molar-refractivity contribution in [1.29, 1.82) is 0 Å². The summed E-state index contributed by atoms with van der Waals surface area (Å²) < 4.78 is 5.11. The lowest BCUT2D eigenvalue weighted by Crippen LogP contribution is -2.32. The molecule has 17 heavy (non-hydrogen) atoms. The highest BCUT2D eigenvalue weighted by molar-refractivity contribution is 5.94. The van der Waals surface area contributed by atoms with Crippen molar-refractivity contribution < 1.29 is 14.3 Å². The molecule has 0 aliphatic heterocycles. The molecule has 3 heteroatoms. The Labute approximate surface area is 103 Å². The second-order valence-corrected chi connectivity index (χ2v) is 4.69. The molecule has 0 N–H and O–H groups in total. The van der Waals surface area contributed by atoms with Gasteiger partial charge in [0.25, 0.3) is 0 Å². The largest absolute Gasteiger partial charge is 0.466 e. The molecule has 0 saturated heterocycles. The third-order valence-corrected chi connectivity index (χ3v) is 3.28. The van der Waals surface area contributed by atoms with Crippen LogP contribution < -0.4 is 0 Å². The van der Waals surface area contributed by atoms with Gasteiger partial charge in [0.15, 0.2) is 5.78 Å². The highest BCUT2D eigenvalue weighted by Crippen LogP contribution is 2.33. The summed E-state index contributed by atoms with van der Waals surface area (Å²) in [6, 6.07) is 0. The van der Waals surface area contributed by atoms with E-state index in [0.717, 1.165) is 24.8 Å². The van der Waals surface area contributed by atoms with Crippen LogP contribution in [0.15, 0.2) is 11.6 Å². The van der Waals surface area contributed by atoms with Crippen LogP contribution in [0.1, 0.15) is 46.5 Å². The van der Waals surface area contributed by atoms with E-state index < -0.39 is 0 Å². The smallest absolute Gasteiger partial charge is 0.313 e. The Balaban J connectivity index is 2.81. The van der Waals surface area contributed by atoms with Gasteiger partial charge in [-0.05, 0) is 32.3 Å². The van der Waals surface area contributed by atoms with E-state index in [9.17, 15) is 9.59 Å². The maximum absolute atomic E-state index is 11.9. The number of hydrogen-bond acceptors (Lipinski definition) is 3. The zero-order valence-electron chi connectivity index (χ0n) is 11.0. The number of esters is 1. The molecule has 0 bridgehead atoms. The zero-order chi connectivity index (χ0) is 12.8. The molecule has 1 aliphatic rings. The predicted octanol–water partition coefficient (Wildman–Crippen LogP) is 2.89. The highest BCUT2D eigenvalue weighted by Gasteiger charge is 2.34. The van der Waals surface area contributed by atoms with Gasteiger partial charge in [0.05, 0.1) is 12.5 Å². The van der Waals surface area contributed by atoms with Gasteiger partial charge in [-0.2, -0.15) is 0 Å². The first-order chi connectivity index (χ1) is 8.10. The van der Waals surface area contributed by atoms with E-state index in [1.54, 1.807) is 6.08 Å². The second kappa shape index (κ2) is 6.58. The fourth-order valence-electron chi connectivity index (χ4n) is 2.50. The van der Waals surface area contributed by atoms with Crippen LogP contribution in [0.4, 0.5) is 0 Å². The molecule has 0 aromatic rings. The highest BCUT2D eigenvalue weighted by atomic mass is 16.5. The number of hydrogen-bond donors (Lipinski definition) is 0. The predicted molar refractivity (Wildman–Crippen MR) is 66.5 cm³/mol. The third kappa shape index (κ3) is 3.69. The second-order valence-electron chi connectivity index (χ2n) is 4.69. The van der Waals surface area contributed by atoms with Crippen LogP contribution in [0.3, 0.4) is 0 Å². The van der Waals surface area contributed by atoms with Gasteiger partial charge < -0.3 is 4.74 Å². The maximum atomic E-state index is 11.9. The van der Waals surface area contributed by atoms with Crippen molar-refractivity contribution >= 4 is 11.8 Å². The summed E-state index contributed by atoms with van der Waals surface area (Å²) in [6.07, 6.45) is 5.16. The van der Waals surface area contributed by atoms with Gasteiger partial charge in [-0.25, -0.2) is 0 Å². The first kappa shape index (κ1) is 13.9. The lowest BCUT2D eigenvalue weighted by molar-refractivity contribution is -0.149. The lowest BCUT2D eigenvalue weighted by atomic mass is 9.76. The Bertz CT molecular complexity index is 317. The van der Waals surface area contributed by atoms with Crippen molar-refractivity contribution in [2.75, 3.05) is 6.61 Å². The molecule has 0 radical (unpaired) electrons. The Morgan fingerprint density at radius 3 is 2.76 bits per heavy atom. The Morgan fingerprint density at radius 1 is 1.47 bits per heavy atom. The quantitative estimate of drug-likeness (QED) is 0.692. The fourth-order valence-corrected chi connectivity index (χ4v) is 2.50. The van der Waals surface area contributed by atoms with Gasteiger partial charge in [-0.3, -0.25) is 9.59 Å². The maximum Gasteiger partial charge on any atom is 0.313 e. The van der Waals surface area contributed by atoms with Crippen molar-refractivity contribution in [1.82, 2.24) is 0 Å². The SMILES string of the molecule is CCCCC1CC(=O)C=C(C)C1C(=O)OCC. The number of carbonyl (C=O) groups excluding carboxylic acids is 2. The van der Waals surface area contributed by atoms with Crippen molar-refractivity contribution in [2.24, 2.45) is 11.8 Å². The average molecular weight is 238 g/mol. The molecule has 2 atom stereocenters. The van der Waals surface area contributed by atoms with Crippen molar-refractivity contribution in [3.8, 4) is 0 Å². The molecule has 0 aromatic carbocycles. The summed E-state index contributed by atoms with van der Waals surface area (Å²) in [5.41, 5.74) is 0.862.